The summed E-state index contributed by atoms with van der Waals surface area (Å²) in [6.45, 7) is -0.257. The molecule has 1 aliphatic rings. The molecular formula is C19H13Br2N3O3. The number of para-hydroxylation sites is 2. The SMILES string of the molecule is O=C1CN(C(=O)COc2c(Br)cc(Br)c3cccnc23)c2ccccc2N1. The van der Waals surface area contributed by atoms with Gasteiger partial charge in [-0.25, -0.2) is 0 Å². The molecule has 0 fully saturated rings. The van der Waals surface area contributed by atoms with Crippen molar-refractivity contribution in [1.82, 2.24) is 4.98 Å². The Bertz CT molecular complexity index is 1070. The van der Waals surface area contributed by atoms with Gasteiger partial charge in [-0.2, -0.15) is 0 Å². The Morgan fingerprint density at radius 2 is 2.00 bits per heavy atom. The second-order valence-electron chi connectivity index (χ2n) is 5.90. The fourth-order valence-corrected chi connectivity index (χ4v) is 4.34. The molecule has 0 atom stereocenters. The third-order valence-electron chi connectivity index (χ3n) is 4.16. The highest BCUT2D eigenvalue weighted by Gasteiger charge is 2.27. The number of ether oxygens (including phenoxy) is 1. The van der Waals surface area contributed by atoms with Crippen LogP contribution in [0.2, 0.25) is 0 Å². The molecule has 8 heteroatoms. The standard InChI is InChI=1S/C19H13Br2N3O3/c20-12-8-13(21)19(18-11(12)4-3-7-22-18)27-10-17(26)24-9-16(25)23-14-5-1-2-6-15(14)24/h1-8H,9-10H2,(H,23,25). The van der Waals surface area contributed by atoms with E-state index in [-0.39, 0.29) is 25.0 Å². The number of aromatic nitrogens is 1. The third-order valence-corrected chi connectivity index (χ3v) is 5.41. The fraction of sp³-hybridized carbons (Fsp3) is 0.105. The second-order valence-corrected chi connectivity index (χ2v) is 7.61. The number of fused-ring (bicyclic) bond motifs is 2. The first-order valence-electron chi connectivity index (χ1n) is 8.09. The Morgan fingerprint density at radius 3 is 2.85 bits per heavy atom. The summed E-state index contributed by atoms with van der Waals surface area (Å²) in [5.41, 5.74) is 1.91. The van der Waals surface area contributed by atoms with Crippen LogP contribution in [-0.4, -0.2) is 29.9 Å². The molecular weight excluding hydrogens is 478 g/mol. The van der Waals surface area contributed by atoms with Crippen molar-refractivity contribution in [1.29, 1.82) is 0 Å². The van der Waals surface area contributed by atoms with Crippen molar-refractivity contribution >= 4 is 66.0 Å². The van der Waals surface area contributed by atoms with Gasteiger partial charge in [-0.15, -0.1) is 0 Å². The number of rotatable bonds is 3. The smallest absolute Gasteiger partial charge is 0.265 e. The lowest BCUT2D eigenvalue weighted by Crippen LogP contribution is -2.44. The molecule has 0 unspecified atom stereocenters. The molecule has 0 radical (unpaired) electrons. The summed E-state index contributed by atoms with van der Waals surface area (Å²) in [5.74, 6) is -0.0629. The Balaban J connectivity index is 1.61. The van der Waals surface area contributed by atoms with Crippen LogP contribution in [0.25, 0.3) is 10.9 Å². The van der Waals surface area contributed by atoms with Gasteiger partial charge in [0.25, 0.3) is 5.91 Å². The highest BCUT2D eigenvalue weighted by molar-refractivity contribution is 9.11. The van der Waals surface area contributed by atoms with Gasteiger partial charge in [-0.1, -0.05) is 34.1 Å². The molecule has 6 nitrogen and oxygen atoms in total. The molecule has 2 amide bonds. The van der Waals surface area contributed by atoms with E-state index in [0.717, 1.165) is 9.86 Å². The molecule has 0 saturated heterocycles. The maximum atomic E-state index is 12.8. The van der Waals surface area contributed by atoms with E-state index in [0.29, 0.717) is 27.1 Å². The van der Waals surface area contributed by atoms with Crippen molar-refractivity contribution in [3.63, 3.8) is 0 Å². The number of pyridine rings is 1. The number of carbonyl (C=O) groups excluding carboxylic acids is 2. The minimum atomic E-state index is -0.309. The first kappa shape index (κ1) is 17.9. The van der Waals surface area contributed by atoms with Crippen molar-refractivity contribution in [2.45, 2.75) is 0 Å². The Kier molecular flexibility index (Phi) is 4.84. The molecule has 3 aromatic rings. The molecule has 1 aromatic heterocycles. The molecule has 27 heavy (non-hydrogen) atoms. The van der Waals surface area contributed by atoms with Crippen LogP contribution in [0.3, 0.4) is 0 Å². The second kappa shape index (κ2) is 7.28. The molecule has 1 aliphatic heterocycles. The molecule has 0 spiro atoms. The number of hydrogen-bond acceptors (Lipinski definition) is 4. The molecule has 0 saturated carbocycles. The summed E-state index contributed by atoms with van der Waals surface area (Å²) in [4.78, 5) is 30.5. The van der Waals surface area contributed by atoms with Gasteiger partial charge in [0.15, 0.2) is 12.4 Å². The van der Waals surface area contributed by atoms with Crippen molar-refractivity contribution in [3.8, 4) is 5.75 Å². The van der Waals surface area contributed by atoms with Crippen LogP contribution < -0.4 is 15.0 Å². The maximum absolute atomic E-state index is 12.8. The summed E-state index contributed by atoms with van der Waals surface area (Å²) < 4.78 is 7.38. The van der Waals surface area contributed by atoms with E-state index in [9.17, 15) is 9.59 Å². The highest BCUT2D eigenvalue weighted by atomic mass is 79.9. The lowest BCUT2D eigenvalue weighted by Gasteiger charge is -2.29. The van der Waals surface area contributed by atoms with Gasteiger partial charge in [0.2, 0.25) is 5.91 Å². The van der Waals surface area contributed by atoms with Crippen LogP contribution >= 0.6 is 31.9 Å². The van der Waals surface area contributed by atoms with Crippen LogP contribution in [0.15, 0.2) is 57.6 Å². The number of anilines is 2. The van der Waals surface area contributed by atoms with Gasteiger partial charge < -0.3 is 10.1 Å². The normalized spacial score (nSPS) is 13.3. The number of carbonyl (C=O) groups is 2. The number of nitrogens with zero attached hydrogens (tertiary/aromatic N) is 2. The van der Waals surface area contributed by atoms with E-state index >= 15 is 0 Å². The van der Waals surface area contributed by atoms with E-state index in [4.69, 9.17) is 4.74 Å². The zero-order valence-corrected chi connectivity index (χ0v) is 17.1. The lowest BCUT2D eigenvalue weighted by atomic mass is 10.2. The van der Waals surface area contributed by atoms with Crippen LogP contribution in [0, 0.1) is 0 Å². The van der Waals surface area contributed by atoms with E-state index in [1.807, 2.05) is 24.3 Å². The predicted octanol–water partition coefficient (Wildman–Crippen LogP) is 4.12. The van der Waals surface area contributed by atoms with Crippen molar-refractivity contribution in [2.75, 3.05) is 23.4 Å². The zero-order chi connectivity index (χ0) is 19.0. The zero-order valence-electron chi connectivity index (χ0n) is 13.9. The van der Waals surface area contributed by atoms with Gasteiger partial charge in [-0.3, -0.25) is 19.5 Å². The first-order valence-corrected chi connectivity index (χ1v) is 9.68. The summed E-state index contributed by atoms with van der Waals surface area (Å²) in [7, 11) is 0. The third kappa shape index (κ3) is 3.42. The van der Waals surface area contributed by atoms with E-state index in [1.165, 1.54) is 4.90 Å². The van der Waals surface area contributed by atoms with Gasteiger partial charge in [0.05, 0.1) is 15.8 Å². The lowest BCUT2D eigenvalue weighted by molar-refractivity contribution is -0.123. The molecule has 0 bridgehead atoms. The highest BCUT2D eigenvalue weighted by Crippen LogP contribution is 2.37. The number of amides is 2. The van der Waals surface area contributed by atoms with Crippen LogP contribution in [0.5, 0.6) is 5.75 Å². The molecule has 136 valence electrons. The predicted molar refractivity (Wildman–Crippen MR) is 110 cm³/mol. The summed E-state index contributed by atoms with van der Waals surface area (Å²) in [6.07, 6.45) is 1.67. The number of benzene rings is 2. The average molecular weight is 491 g/mol. The molecule has 4 rings (SSSR count). The van der Waals surface area contributed by atoms with Crippen LogP contribution in [-0.2, 0) is 9.59 Å². The van der Waals surface area contributed by atoms with Crippen molar-refractivity contribution in [3.05, 3.63) is 57.6 Å². The maximum Gasteiger partial charge on any atom is 0.265 e. The van der Waals surface area contributed by atoms with Crippen LogP contribution in [0.1, 0.15) is 0 Å². The van der Waals surface area contributed by atoms with E-state index in [1.54, 1.807) is 24.4 Å². The minimum Gasteiger partial charge on any atom is -0.480 e. The number of halogens is 2. The Labute approximate surface area is 171 Å². The summed E-state index contributed by atoms with van der Waals surface area (Å²) >= 11 is 6.97. The number of nitrogens with one attached hydrogen (secondary N) is 1. The topological polar surface area (TPSA) is 71.5 Å². The van der Waals surface area contributed by atoms with Gasteiger partial charge in [0, 0.05) is 16.1 Å². The Morgan fingerprint density at radius 1 is 1.19 bits per heavy atom. The van der Waals surface area contributed by atoms with Gasteiger partial charge in [-0.05, 0) is 40.2 Å². The summed E-state index contributed by atoms with van der Waals surface area (Å²) in [5, 5.41) is 3.64. The van der Waals surface area contributed by atoms with E-state index < -0.39 is 0 Å². The van der Waals surface area contributed by atoms with Gasteiger partial charge in [0.1, 0.15) is 12.1 Å². The van der Waals surface area contributed by atoms with Crippen molar-refractivity contribution < 1.29 is 14.3 Å². The van der Waals surface area contributed by atoms with Crippen molar-refractivity contribution in [2.24, 2.45) is 0 Å². The minimum absolute atomic E-state index is 0.0420. The fourth-order valence-electron chi connectivity index (χ4n) is 2.95. The quantitative estimate of drug-likeness (QED) is 0.599. The van der Waals surface area contributed by atoms with Gasteiger partial charge >= 0.3 is 0 Å². The summed E-state index contributed by atoms with van der Waals surface area (Å²) in [6, 6.07) is 12.8. The Hall–Kier alpha value is -2.45. The molecule has 0 aliphatic carbocycles. The molecule has 2 aromatic carbocycles. The average Bonchev–Trinajstić information content (AvgIpc) is 2.67. The van der Waals surface area contributed by atoms with Crippen LogP contribution in [0.4, 0.5) is 11.4 Å². The monoisotopic (exact) mass is 489 g/mol. The largest absolute Gasteiger partial charge is 0.480 e. The first-order chi connectivity index (χ1) is 13.0. The molecule has 1 N–H and O–H groups in total. The molecule has 2 heterocycles. The van der Waals surface area contributed by atoms with E-state index in [2.05, 4.69) is 42.2 Å². The number of hydrogen-bond donors (Lipinski definition) is 1.